The van der Waals surface area contributed by atoms with Gasteiger partial charge in [-0.1, -0.05) is 0 Å². The molecule has 100 valence electrons. The number of ether oxygens (including phenoxy) is 1. The van der Waals surface area contributed by atoms with Crippen LogP contribution in [0.1, 0.15) is 33.1 Å². The van der Waals surface area contributed by atoms with Crippen LogP contribution in [0.5, 0.6) is 0 Å². The Morgan fingerprint density at radius 1 is 1.24 bits per heavy atom. The zero-order valence-corrected chi connectivity index (χ0v) is 11.8. The maximum absolute atomic E-state index is 11.8. The number of esters is 1. The van der Waals surface area contributed by atoms with Gasteiger partial charge in [0.15, 0.2) is 0 Å². The lowest BCUT2D eigenvalue weighted by molar-refractivity contribution is -0.144. The van der Waals surface area contributed by atoms with Crippen LogP contribution in [0.2, 0.25) is 0 Å². The predicted octanol–water partition coefficient (Wildman–Crippen LogP) is 1.93. The molecule has 0 saturated carbocycles. The van der Waals surface area contributed by atoms with Crippen molar-refractivity contribution in [3.8, 4) is 0 Å². The summed E-state index contributed by atoms with van der Waals surface area (Å²) in [5.74, 6) is 0.898. The molecule has 0 unspecified atom stereocenters. The molecule has 0 rings (SSSR count). The molecular weight excluding hydrogens is 238 g/mol. The van der Waals surface area contributed by atoms with Crippen molar-refractivity contribution in [2.75, 3.05) is 31.7 Å². The Morgan fingerprint density at radius 3 is 2.47 bits per heavy atom. The molecule has 1 amide bonds. The van der Waals surface area contributed by atoms with Crippen LogP contribution in [-0.4, -0.2) is 48.5 Å². The number of thioether (sulfide) groups is 1. The number of hydrogen-bond donors (Lipinski definition) is 0. The van der Waals surface area contributed by atoms with Gasteiger partial charge in [0.25, 0.3) is 0 Å². The van der Waals surface area contributed by atoms with E-state index < -0.39 is 0 Å². The van der Waals surface area contributed by atoms with Crippen molar-refractivity contribution in [3.05, 3.63) is 0 Å². The highest BCUT2D eigenvalue weighted by Crippen LogP contribution is 2.04. The van der Waals surface area contributed by atoms with Crippen molar-refractivity contribution in [2.45, 2.75) is 33.1 Å². The highest BCUT2D eigenvalue weighted by Gasteiger charge is 2.13. The Labute approximate surface area is 108 Å². The Hall–Kier alpha value is -0.710. The summed E-state index contributed by atoms with van der Waals surface area (Å²) in [6.45, 7) is 5.22. The van der Waals surface area contributed by atoms with E-state index in [1.165, 1.54) is 0 Å². The van der Waals surface area contributed by atoms with Gasteiger partial charge in [0.1, 0.15) is 0 Å². The second kappa shape index (κ2) is 10.4. The molecule has 0 radical (unpaired) electrons. The molecule has 5 heteroatoms. The number of hydrogen-bond acceptors (Lipinski definition) is 4. The molecule has 0 spiro atoms. The van der Waals surface area contributed by atoms with Crippen LogP contribution in [0.25, 0.3) is 0 Å². The van der Waals surface area contributed by atoms with Gasteiger partial charge in [-0.3, -0.25) is 9.59 Å². The van der Waals surface area contributed by atoms with E-state index in [1.54, 1.807) is 23.6 Å². The van der Waals surface area contributed by atoms with Crippen molar-refractivity contribution >= 4 is 23.6 Å². The van der Waals surface area contributed by atoms with Crippen LogP contribution in [-0.2, 0) is 14.3 Å². The first-order valence-corrected chi connectivity index (χ1v) is 7.47. The summed E-state index contributed by atoms with van der Waals surface area (Å²) >= 11 is 1.74. The molecule has 0 aliphatic carbocycles. The van der Waals surface area contributed by atoms with E-state index in [9.17, 15) is 9.59 Å². The third kappa shape index (κ3) is 8.07. The van der Waals surface area contributed by atoms with E-state index in [2.05, 4.69) is 0 Å². The van der Waals surface area contributed by atoms with E-state index in [0.717, 1.165) is 12.2 Å². The molecule has 4 nitrogen and oxygen atoms in total. The lowest BCUT2D eigenvalue weighted by Crippen LogP contribution is -2.33. The molecule has 0 aliphatic heterocycles. The zero-order chi connectivity index (χ0) is 13.1. The van der Waals surface area contributed by atoms with E-state index in [-0.39, 0.29) is 18.3 Å². The van der Waals surface area contributed by atoms with Gasteiger partial charge < -0.3 is 9.64 Å². The van der Waals surface area contributed by atoms with Crippen molar-refractivity contribution in [3.63, 3.8) is 0 Å². The van der Waals surface area contributed by atoms with Gasteiger partial charge in [0.05, 0.1) is 13.0 Å². The highest BCUT2D eigenvalue weighted by molar-refractivity contribution is 7.98. The summed E-state index contributed by atoms with van der Waals surface area (Å²) in [6, 6.07) is 0. The number of carbonyl (C=O) groups is 2. The van der Waals surface area contributed by atoms with Crippen LogP contribution in [0.3, 0.4) is 0 Å². The quantitative estimate of drug-likeness (QED) is 0.470. The predicted molar refractivity (Wildman–Crippen MR) is 71.1 cm³/mol. The van der Waals surface area contributed by atoms with Gasteiger partial charge in [0.2, 0.25) is 5.91 Å². The maximum atomic E-state index is 11.8. The molecular formula is C12H23NO3S. The van der Waals surface area contributed by atoms with Crippen LogP contribution in [0.15, 0.2) is 0 Å². The topological polar surface area (TPSA) is 46.6 Å². The minimum Gasteiger partial charge on any atom is -0.466 e. The smallest absolute Gasteiger partial charge is 0.307 e. The molecule has 0 N–H and O–H groups in total. The summed E-state index contributed by atoms with van der Waals surface area (Å²) in [7, 11) is 0. The fraction of sp³-hybridized carbons (Fsp3) is 0.833. The first-order chi connectivity index (χ1) is 8.15. The van der Waals surface area contributed by atoms with Gasteiger partial charge in [0, 0.05) is 19.5 Å². The summed E-state index contributed by atoms with van der Waals surface area (Å²) in [5.41, 5.74) is 0. The first kappa shape index (κ1) is 16.3. The van der Waals surface area contributed by atoms with Gasteiger partial charge in [-0.2, -0.15) is 11.8 Å². The third-order valence-electron chi connectivity index (χ3n) is 2.36. The average Bonchev–Trinajstić information content (AvgIpc) is 2.30. The van der Waals surface area contributed by atoms with E-state index >= 15 is 0 Å². The van der Waals surface area contributed by atoms with Crippen LogP contribution >= 0.6 is 11.8 Å². The number of amides is 1. The molecule has 0 heterocycles. The minimum absolute atomic E-state index is 0.130. The van der Waals surface area contributed by atoms with Crippen molar-refractivity contribution < 1.29 is 14.3 Å². The lowest BCUT2D eigenvalue weighted by Gasteiger charge is -2.20. The first-order valence-electron chi connectivity index (χ1n) is 6.08. The fourth-order valence-corrected chi connectivity index (χ4v) is 1.88. The normalized spacial score (nSPS) is 10.1. The summed E-state index contributed by atoms with van der Waals surface area (Å²) in [4.78, 5) is 24.7. The van der Waals surface area contributed by atoms with Crippen LogP contribution in [0, 0.1) is 0 Å². The summed E-state index contributed by atoms with van der Waals surface area (Å²) < 4.78 is 4.83. The van der Waals surface area contributed by atoms with Gasteiger partial charge >= 0.3 is 5.97 Å². The monoisotopic (exact) mass is 261 g/mol. The molecule has 17 heavy (non-hydrogen) atoms. The fourth-order valence-electron chi connectivity index (χ4n) is 1.44. The summed E-state index contributed by atoms with van der Waals surface area (Å²) in [6.07, 6.45) is 3.78. The molecule has 0 aromatic heterocycles. The van der Waals surface area contributed by atoms with Crippen molar-refractivity contribution in [1.82, 2.24) is 4.90 Å². The minimum atomic E-state index is -0.233. The second-order valence-corrected chi connectivity index (χ2v) is 4.61. The van der Waals surface area contributed by atoms with Gasteiger partial charge in [-0.05, 0) is 32.3 Å². The molecule has 0 aromatic rings. The van der Waals surface area contributed by atoms with E-state index in [1.807, 2.05) is 13.2 Å². The number of carbonyl (C=O) groups excluding carboxylic acids is 2. The molecule has 0 atom stereocenters. The number of rotatable bonds is 9. The van der Waals surface area contributed by atoms with Crippen molar-refractivity contribution in [2.24, 2.45) is 0 Å². The molecule has 0 fully saturated rings. The molecule has 0 aliphatic rings. The Kier molecular flexibility index (Phi) is 10.0. The van der Waals surface area contributed by atoms with Gasteiger partial charge in [-0.25, -0.2) is 0 Å². The standard InChI is InChI=1S/C12H23NO3S/c1-4-13(9-8-12(15)16-5-2)11(14)7-6-10-17-3/h4-10H2,1-3H3. The highest BCUT2D eigenvalue weighted by atomic mass is 32.2. The van der Waals surface area contributed by atoms with E-state index in [4.69, 9.17) is 4.74 Å². The second-order valence-electron chi connectivity index (χ2n) is 3.62. The average molecular weight is 261 g/mol. The number of nitrogens with zero attached hydrogens (tertiary/aromatic N) is 1. The Balaban J connectivity index is 3.88. The largest absolute Gasteiger partial charge is 0.466 e. The molecule has 0 aromatic carbocycles. The molecule has 0 bridgehead atoms. The van der Waals surface area contributed by atoms with Crippen molar-refractivity contribution in [1.29, 1.82) is 0 Å². The third-order valence-corrected chi connectivity index (χ3v) is 3.06. The Bertz CT molecular complexity index is 234. The SMILES string of the molecule is CCOC(=O)CCN(CC)C(=O)CCCSC. The van der Waals surface area contributed by atoms with E-state index in [0.29, 0.717) is 26.1 Å². The lowest BCUT2D eigenvalue weighted by atomic mass is 10.3. The zero-order valence-electron chi connectivity index (χ0n) is 11.0. The Morgan fingerprint density at radius 2 is 1.94 bits per heavy atom. The van der Waals surface area contributed by atoms with Crippen LogP contribution < -0.4 is 0 Å². The van der Waals surface area contributed by atoms with Crippen LogP contribution in [0.4, 0.5) is 0 Å². The van der Waals surface area contributed by atoms with Gasteiger partial charge in [-0.15, -0.1) is 0 Å². The summed E-state index contributed by atoms with van der Waals surface area (Å²) in [5, 5.41) is 0. The molecule has 0 saturated heterocycles. The maximum Gasteiger partial charge on any atom is 0.307 e.